The van der Waals surface area contributed by atoms with E-state index < -0.39 is 12.5 Å². The molecule has 3 atom stereocenters. The van der Waals surface area contributed by atoms with E-state index >= 15 is 0 Å². The number of halogens is 3. The van der Waals surface area contributed by atoms with Crippen LogP contribution in [0, 0.1) is 5.92 Å². The highest BCUT2D eigenvalue weighted by atomic mass is 32.1. The summed E-state index contributed by atoms with van der Waals surface area (Å²) in [5.74, 6) is 1.11. The summed E-state index contributed by atoms with van der Waals surface area (Å²) < 4.78 is 47.7. The summed E-state index contributed by atoms with van der Waals surface area (Å²) >= 11 is 1.69. The average Bonchev–Trinajstić information content (AvgIpc) is 3.20. The predicted octanol–water partition coefficient (Wildman–Crippen LogP) is 6.10. The van der Waals surface area contributed by atoms with Crippen LogP contribution in [-0.4, -0.2) is 42.7 Å². The van der Waals surface area contributed by atoms with Crippen LogP contribution < -0.4 is 0 Å². The first-order valence-electron chi connectivity index (χ1n) is 10.5. The lowest BCUT2D eigenvalue weighted by atomic mass is 9.81. The fourth-order valence-electron chi connectivity index (χ4n) is 5.20. The number of allylic oxidation sites excluding steroid dienone is 2. The van der Waals surface area contributed by atoms with Gasteiger partial charge in [0.25, 0.3) is 0 Å². The van der Waals surface area contributed by atoms with E-state index in [-0.39, 0.29) is 17.7 Å². The van der Waals surface area contributed by atoms with Gasteiger partial charge in [-0.05, 0) is 48.6 Å². The van der Waals surface area contributed by atoms with Crippen molar-refractivity contribution < 1.29 is 27.8 Å². The predicted molar refractivity (Wildman–Crippen MR) is 109 cm³/mol. The van der Waals surface area contributed by atoms with Crippen molar-refractivity contribution in [2.75, 3.05) is 20.2 Å². The minimum atomic E-state index is -4.57. The van der Waals surface area contributed by atoms with Gasteiger partial charge in [-0.1, -0.05) is 18.1 Å². The second-order valence-electron chi connectivity index (χ2n) is 8.44. The number of nitrogens with zero attached hydrogens (tertiary/aromatic N) is 1. The molecule has 166 valence electrons. The molecule has 3 unspecified atom stereocenters. The molecule has 3 aliphatic rings. The number of hydrogen-bond donors (Lipinski definition) is 1. The van der Waals surface area contributed by atoms with Crippen molar-refractivity contribution in [2.45, 2.75) is 63.5 Å². The number of aliphatic hydroxyl groups excluding tert-OH is 1. The highest BCUT2D eigenvalue weighted by Crippen LogP contribution is 2.46. The fourth-order valence-corrected chi connectivity index (χ4v) is 6.09. The first-order chi connectivity index (χ1) is 14.3. The van der Waals surface area contributed by atoms with Crippen molar-refractivity contribution in [1.29, 1.82) is 0 Å². The Morgan fingerprint density at radius 2 is 2.10 bits per heavy atom. The Balaban J connectivity index is 1.51. The van der Waals surface area contributed by atoms with Crippen molar-refractivity contribution in [3.63, 3.8) is 0 Å². The third kappa shape index (κ3) is 4.86. The Hall–Kier alpha value is -1.51. The number of ether oxygens (including phenoxy) is 2. The molecule has 0 aromatic carbocycles. The molecule has 2 heterocycles. The van der Waals surface area contributed by atoms with Gasteiger partial charge in [-0.3, -0.25) is 9.64 Å². The van der Waals surface area contributed by atoms with Crippen LogP contribution in [0.5, 0.6) is 0 Å². The molecule has 8 heteroatoms. The average molecular weight is 444 g/mol. The first-order valence-corrected chi connectivity index (χ1v) is 11.4. The third-order valence-corrected chi connectivity index (χ3v) is 7.42. The Morgan fingerprint density at radius 1 is 1.27 bits per heavy atom. The molecular formula is C22H28F3NO3S. The molecular weight excluding hydrogens is 415 g/mol. The standard InChI is InChI=1S/C22H28F3NO3S/c1-28-19-11-15-7-8-26(13-14-4-2-5-16(10-14)29-22(23,24)25)21(17(15)12-18(19)27)20-6-3-9-30-20/h3,6,9,14,16,21,27H,2,4-5,7-8,10-13H2,1H3. The number of methoxy groups -OCH3 is 1. The van der Waals surface area contributed by atoms with E-state index in [1.807, 2.05) is 6.07 Å². The molecule has 1 fully saturated rings. The molecule has 0 saturated heterocycles. The molecule has 30 heavy (non-hydrogen) atoms. The van der Waals surface area contributed by atoms with E-state index in [4.69, 9.17) is 4.74 Å². The normalized spacial score (nSPS) is 28.6. The van der Waals surface area contributed by atoms with E-state index in [2.05, 4.69) is 21.1 Å². The molecule has 2 aliphatic carbocycles. The third-order valence-electron chi connectivity index (χ3n) is 6.49. The summed E-state index contributed by atoms with van der Waals surface area (Å²) in [5.41, 5.74) is 2.54. The van der Waals surface area contributed by atoms with Gasteiger partial charge in [0.15, 0.2) is 0 Å². The van der Waals surface area contributed by atoms with Crippen molar-refractivity contribution in [3.8, 4) is 0 Å². The van der Waals surface area contributed by atoms with E-state index in [0.29, 0.717) is 31.4 Å². The van der Waals surface area contributed by atoms with Crippen LogP contribution in [0.3, 0.4) is 0 Å². The van der Waals surface area contributed by atoms with Gasteiger partial charge in [0.05, 0.1) is 19.3 Å². The summed E-state index contributed by atoms with van der Waals surface area (Å²) in [5, 5.41) is 12.5. The molecule has 1 saturated carbocycles. The topological polar surface area (TPSA) is 41.9 Å². The zero-order valence-corrected chi connectivity index (χ0v) is 17.9. The van der Waals surface area contributed by atoms with Gasteiger partial charge in [-0.25, -0.2) is 0 Å². The molecule has 0 amide bonds. The van der Waals surface area contributed by atoms with Gasteiger partial charge in [-0.15, -0.1) is 24.5 Å². The van der Waals surface area contributed by atoms with E-state index in [9.17, 15) is 18.3 Å². The van der Waals surface area contributed by atoms with Crippen molar-refractivity contribution in [1.82, 2.24) is 4.90 Å². The number of alkyl halides is 3. The number of rotatable bonds is 5. The lowest BCUT2D eigenvalue weighted by Gasteiger charge is -2.43. The molecule has 1 aliphatic heterocycles. The van der Waals surface area contributed by atoms with Crippen LogP contribution in [0.2, 0.25) is 0 Å². The van der Waals surface area contributed by atoms with Crippen LogP contribution in [-0.2, 0) is 9.47 Å². The molecule has 1 N–H and O–H groups in total. The molecule has 4 nitrogen and oxygen atoms in total. The monoisotopic (exact) mass is 443 g/mol. The molecule has 0 bridgehead atoms. The Morgan fingerprint density at radius 3 is 2.80 bits per heavy atom. The molecule has 0 spiro atoms. The zero-order chi connectivity index (χ0) is 21.3. The lowest BCUT2D eigenvalue weighted by molar-refractivity contribution is -0.346. The smallest absolute Gasteiger partial charge is 0.508 e. The fraction of sp³-hybridized carbons (Fsp3) is 0.636. The highest BCUT2D eigenvalue weighted by molar-refractivity contribution is 7.10. The Kier molecular flexibility index (Phi) is 6.46. The molecule has 1 aromatic rings. The Bertz CT molecular complexity index is 803. The highest BCUT2D eigenvalue weighted by Gasteiger charge is 2.39. The summed E-state index contributed by atoms with van der Waals surface area (Å²) in [6.45, 7) is 1.61. The zero-order valence-electron chi connectivity index (χ0n) is 17.1. The van der Waals surface area contributed by atoms with Crippen molar-refractivity contribution in [3.05, 3.63) is 45.1 Å². The number of aliphatic hydroxyl groups is 1. The second kappa shape index (κ2) is 8.93. The maximum Gasteiger partial charge on any atom is 0.522 e. The number of thiophene rings is 1. The lowest BCUT2D eigenvalue weighted by Crippen LogP contribution is -2.41. The van der Waals surface area contributed by atoms with E-state index in [1.54, 1.807) is 18.4 Å². The van der Waals surface area contributed by atoms with Crippen LogP contribution >= 0.6 is 11.3 Å². The Labute approximate surface area is 179 Å². The van der Waals surface area contributed by atoms with Gasteiger partial charge in [0.1, 0.15) is 11.5 Å². The van der Waals surface area contributed by atoms with E-state index in [0.717, 1.165) is 32.4 Å². The quantitative estimate of drug-likeness (QED) is 0.559. The van der Waals surface area contributed by atoms with Crippen LogP contribution in [0.1, 0.15) is 55.9 Å². The van der Waals surface area contributed by atoms with Crippen LogP contribution in [0.25, 0.3) is 0 Å². The van der Waals surface area contributed by atoms with Crippen molar-refractivity contribution in [2.24, 2.45) is 5.92 Å². The van der Waals surface area contributed by atoms with Gasteiger partial charge >= 0.3 is 6.36 Å². The second-order valence-corrected chi connectivity index (χ2v) is 9.42. The molecule has 1 aromatic heterocycles. The maximum absolute atomic E-state index is 12.7. The summed E-state index contributed by atoms with van der Waals surface area (Å²) in [6.07, 6.45) is -0.701. The molecule has 0 radical (unpaired) electrons. The van der Waals surface area contributed by atoms with Crippen LogP contribution in [0.4, 0.5) is 13.2 Å². The minimum Gasteiger partial charge on any atom is -0.508 e. The van der Waals surface area contributed by atoms with Gasteiger partial charge in [-0.2, -0.15) is 0 Å². The maximum atomic E-state index is 12.7. The van der Waals surface area contributed by atoms with Gasteiger partial charge < -0.3 is 9.84 Å². The van der Waals surface area contributed by atoms with E-state index in [1.165, 1.54) is 16.0 Å². The first kappa shape index (κ1) is 21.7. The summed E-state index contributed by atoms with van der Waals surface area (Å²) in [6, 6.07) is 4.21. The molecule has 4 rings (SSSR count). The number of hydrogen-bond acceptors (Lipinski definition) is 5. The minimum absolute atomic E-state index is 0.0678. The van der Waals surface area contributed by atoms with Gasteiger partial charge in [0.2, 0.25) is 0 Å². The summed E-state index contributed by atoms with van der Waals surface area (Å²) in [7, 11) is 1.59. The largest absolute Gasteiger partial charge is 0.522 e. The summed E-state index contributed by atoms with van der Waals surface area (Å²) in [4.78, 5) is 3.62. The van der Waals surface area contributed by atoms with Crippen LogP contribution in [0.15, 0.2) is 40.2 Å². The van der Waals surface area contributed by atoms with Gasteiger partial charge in [0, 0.05) is 30.8 Å². The SMILES string of the molecule is COC1=C(O)CC2=C(CCN(CC3CCCC(OC(F)(F)F)C3)C2c2cccs2)C1. The van der Waals surface area contributed by atoms with Crippen molar-refractivity contribution >= 4 is 11.3 Å².